The Kier molecular flexibility index (Phi) is 8.99. The number of anilines is 1. The van der Waals surface area contributed by atoms with Crippen molar-refractivity contribution in [3.05, 3.63) is 82.6 Å². The molecule has 0 aliphatic heterocycles. The Morgan fingerprint density at radius 2 is 1.88 bits per heavy atom. The van der Waals surface area contributed by atoms with Crippen LogP contribution in [0.3, 0.4) is 0 Å². The van der Waals surface area contributed by atoms with Crippen LogP contribution in [0.4, 0.5) is 5.82 Å². The van der Waals surface area contributed by atoms with Crippen molar-refractivity contribution >= 4 is 17.7 Å². The maximum absolute atomic E-state index is 10.7. The van der Waals surface area contributed by atoms with E-state index in [0.717, 1.165) is 79.0 Å². The maximum Gasteiger partial charge on any atom is 0.157 e. The predicted octanol–water partition coefficient (Wildman–Crippen LogP) is 6.06. The topological polar surface area (TPSA) is 55.3 Å². The normalized spacial score (nSPS) is 15.9. The van der Waals surface area contributed by atoms with Gasteiger partial charge in [-0.3, -0.25) is 4.79 Å². The molecular weight excluding hydrogens is 410 g/mol. The first kappa shape index (κ1) is 24.4. The van der Waals surface area contributed by atoms with E-state index in [1.807, 2.05) is 13.0 Å². The van der Waals surface area contributed by atoms with Crippen molar-refractivity contribution in [3.63, 3.8) is 0 Å². The van der Waals surface area contributed by atoms with Gasteiger partial charge in [0.15, 0.2) is 6.29 Å². The summed E-state index contributed by atoms with van der Waals surface area (Å²) in [5.74, 6) is 1.77. The molecule has 5 heteroatoms. The number of rotatable bonds is 10. The number of hydrogen-bond acceptors (Lipinski definition) is 5. The molecule has 0 saturated heterocycles. The van der Waals surface area contributed by atoms with Gasteiger partial charge >= 0.3 is 0 Å². The predicted molar refractivity (Wildman–Crippen MR) is 136 cm³/mol. The highest BCUT2D eigenvalue weighted by Crippen LogP contribution is 2.28. The van der Waals surface area contributed by atoms with E-state index in [1.54, 1.807) is 6.33 Å². The fraction of sp³-hybridized carbons (Fsp3) is 0.393. The lowest BCUT2D eigenvalue weighted by Crippen LogP contribution is -2.28. The molecule has 2 aliphatic rings. The van der Waals surface area contributed by atoms with Crippen molar-refractivity contribution in [1.29, 1.82) is 0 Å². The van der Waals surface area contributed by atoms with Gasteiger partial charge in [-0.1, -0.05) is 55.4 Å². The highest BCUT2D eigenvalue weighted by molar-refractivity contribution is 5.77. The Bertz CT molecular complexity index is 1040. The van der Waals surface area contributed by atoms with Crippen molar-refractivity contribution in [2.45, 2.75) is 53.4 Å². The summed E-state index contributed by atoms with van der Waals surface area (Å²) in [5, 5.41) is 0. The van der Waals surface area contributed by atoms with Crippen LogP contribution in [0.15, 0.2) is 71.3 Å². The highest BCUT2D eigenvalue weighted by atomic mass is 16.5. The van der Waals surface area contributed by atoms with Crippen LogP contribution in [0.5, 0.6) is 0 Å². The molecule has 0 fully saturated rings. The van der Waals surface area contributed by atoms with Crippen molar-refractivity contribution in [3.8, 4) is 0 Å². The summed E-state index contributed by atoms with van der Waals surface area (Å²) in [4.78, 5) is 22.4. The molecule has 0 aromatic carbocycles. The van der Waals surface area contributed by atoms with E-state index in [4.69, 9.17) is 9.72 Å². The van der Waals surface area contributed by atoms with Gasteiger partial charge in [-0.05, 0) is 62.8 Å². The van der Waals surface area contributed by atoms with Crippen LogP contribution in [-0.2, 0) is 9.53 Å². The fourth-order valence-corrected chi connectivity index (χ4v) is 4.08. The number of carbonyl (C=O) groups is 1. The van der Waals surface area contributed by atoms with E-state index in [-0.39, 0.29) is 6.61 Å². The average molecular weight is 446 g/mol. The van der Waals surface area contributed by atoms with E-state index in [2.05, 4.69) is 67.1 Å². The van der Waals surface area contributed by atoms with E-state index in [9.17, 15) is 4.79 Å². The first-order valence-corrected chi connectivity index (χ1v) is 11.8. The second kappa shape index (κ2) is 12.1. The third kappa shape index (κ3) is 6.64. The van der Waals surface area contributed by atoms with Crippen molar-refractivity contribution in [2.75, 3.05) is 24.6 Å². The molecule has 0 atom stereocenters. The van der Waals surface area contributed by atoms with Crippen LogP contribution < -0.4 is 4.90 Å². The van der Waals surface area contributed by atoms with Gasteiger partial charge in [0.2, 0.25) is 0 Å². The van der Waals surface area contributed by atoms with Gasteiger partial charge in [-0.2, -0.15) is 0 Å². The zero-order valence-corrected chi connectivity index (χ0v) is 20.3. The second-order valence-electron chi connectivity index (χ2n) is 8.51. The van der Waals surface area contributed by atoms with Crippen LogP contribution in [0.25, 0.3) is 5.57 Å². The van der Waals surface area contributed by atoms with Crippen molar-refractivity contribution in [1.82, 2.24) is 9.97 Å². The van der Waals surface area contributed by atoms with Crippen LogP contribution in [0, 0.1) is 6.92 Å². The number of ether oxygens (including phenoxy) is 1. The van der Waals surface area contributed by atoms with Gasteiger partial charge in [-0.15, -0.1) is 0 Å². The maximum atomic E-state index is 10.7. The first-order chi connectivity index (χ1) is 16.0. The number of nitrogens with zero attached hydrogens (tertiary/aromatic N) is 3. The summed E-state index contributed by atoms with van der Waals surface area (Å²) in [7, 11) is 0. The quantitative estimate of drug-likeness (QED) is 0.410. The molecule has 0 amide bonds. The molecule has 0 saturated carbocycles. The van der Waals surface area contributed by atoms with E-state index in [0.29, 0.717) is 0 Å². The summed E-state index contributed by atoms with van der Waals surface area (Å²) < 4.78 is 5.59. The minimum atomic E-state index is 0.0806. The smallest absolute Gasteiger partial charge is 0.157 e. The molecule has 0 N–H and O–H groups in total. The summed E-state index contributed by atoms with van der Waals surface area (Å²) >= 11 is 0. The summed E-state index contributed by atoms with van der Waals surface area (Å²) in [6.45, 7) is 10.3. The molecular formula is C28H35N3O2. The van der Waals surface area contributed by atoms with Crippen LogP contribution in [0.2, 0.25) is 0 Å². The molecule has 0 spiro atoms. The van der Waals surface area contributed by atoms with Gasteiger partial charge in [0, 0.05) is 18.7 Å². The third-order valence-corrected chi connectivity index (χ3v) is 5.87. The first-order valence-electron chi connectivity index (χ1n) is 11.8. The summed E-state index contributed by atoms with van der Waals surface area (Å²) in [5.41, 5.74) is 6.77. The zero-order valence-electron chi connectivity index (χ0n) is 20.3. The van der Waals surface area contributed by atoms with Crippen LogP contribution in [0.1, 0.15) is 57.7 Å². The van der Waals surface area contributed by atoms with Gasteiger partial charge in [0.05, 0.1) is 5.69 Å². The molecule has 1 aromatic heterocycles. The Labute approximate surface area is 198 Å². The van der Waals surface area contributed by atoms with Gasteiger partial charge in [0.25, 0.3) is 0 Å². The Morgan fingerprint density at radius 1 is 1.06 bits per heavy atom. The lowest BCUT2D eigenvalue weighted by molar-refractivity contribution is -0.110. The fourth-order valence-electron chi connectivity index (χ4n) is 4.08. The SMILES string of the molecule is CCCCN(CC1=CCC=C(OCC=O)C(C)=C1)c1ncnc(C2=CCC=C(C)C=C2)c1C. The van der Waals surface area contributed by atoms with Crippen LogP contribution in [-0.4, -0.2) is 36.0 Å². The van der Waals surface area contributed by atoms with E-state index >= 15 is 0 Å². The highest BCUT2D eigenvalue weighted by Gasteiger charge is 2.17. The standard InChI is InChI=1S/C28H35N3O2/c1-5-6-15-31(19-24-10-8-12-26(22(3)18-24)33-17-16-32)28-23(4)27(29-20-30-28)25-11-7-9-21(2)13-14-25/h9-14,16,18,20H,5-8,15,17,19H2,1-4H3. The van der Waals surface area contributed by atoms with Crippen molar-refractivity contribution < 1.29 is 9.53 Å². The number of carbonyl (C=O) groups excluding carboxylic acids is 1. The molecule has 33 heavy (non-hydrogen) atoms. The summed E-state index contributed by atoms with van der Waals surface area (Å²) in [6, 6.07) is 0. The monoisotopic (exact) mass is 445 g/mol. The van der Waals surface area contributed by atoms with E-state index < -0.39 is 0 Å². The van der Waals surface area contributed by atoms with Gasteiger partial charge in [-0.25, -0.2) is 9.97 Å². The Morgan fingerprint density at radius 3 is 2.67 bits per heavy atom. The molecule has 0 radical (unpaired) electrons. The van der Waals surface area contributed by atoms with Crippen molar-refractivity contribution in [2.24, 2.45) is 0 Å². The van der Waals surface area contributed by atoms with Gasteiger partial charge < -0.3 is 9.64 Å². The third-order valence-electron chi connectivity index (χ3n) is 5.87. The number of unbranched alkanes of at least 4 members (excludes halogenated alkanes) is 1. The molecule has 5 nitrogen and oxygen atoms in total. The molecule has 174 valence electrons. The largest absolute Gasteiger partial charge is 0.486 e. The molecule has 1 heterocycles. The Balaban J connectivity index is 1.87. The summed E-state index contributed by atoms with van der Waals surface area (Å²) in [6.07, 6.45) is 21.5. The van der Waals surface area contributed by atoms with E-state index in [1.165, 1.54) is 11.1 Å². The molecule has 3 rings (SSSR count). The molecule has 0 bridgehead atoms. The minimum absolute atomic E-state index is 0.0806. The molecule has 2 aliphatic carbocycles. The number of aldehydes is 1. The number of aromatic nitrogens is 2. The lowest BCUT2D eigenvalue weighted by atomic mass is 10.1. The zero-order chi connectivity index (χ0) is 23.6. The van der Waals surface area contributed by atoms with Crippen LogP contribution >= 0.6 is 0 Å². The molecule has 1 aromatic rings. The number of allylic oxidation sites excluding steroid dienone is 9. The minimum Gasteiger partial charge on any atom is -0.486 e. The second-order valence-corrected chi connectivity index (χ2v) is 8.51. The number of hydrogen-bond donors (Lipinski definition) is 0. The van der Waals surface area contributed by atoms with Gasteiger partial charge in [0.1, 0.15) is 24.5 Å². The average Bonchev–Trinajstić information content (AvgIpc) is 3.12. The molecule has 0 unspecified atom stereocenters. The Hall–Kier alpha value is -3.21. The lowest BCUT2D eigenvalue weighted by Gasteiger charge is -2.26.